The largest absolute Gasteiger partial charge is 0.351 e. The molecule has 0 spiro atoms. The van der Waals surface area contributed by atoms with Crippen LogP contribution >= 0.6 is 11.3 Å². The van der Waals surface area contributed by atoms with Crippen LogP contribution in [0.4, 0.5) is 0 Å². The third kappa shape index (κ3) is 3.57. The quantitative estimate of drug-likeness (QED) is 0.784. The Hall–Kier alpha value is -0.870. The molecule has 0 fully saturated rings. The molecule has 1 N–H and O–H groups in total. The van der Waals surface area contributed by atoms with E-state index in [1.807, 2.05) is 35.8 Å². The molecule has 1 amide bonds. The van der Waals surface area contributed by atoms with Crippen LogP contribution in [0.15, 0.2) is 16.8 Å². The molecule has 0 unspecified atom stereocenters. The second kappa shape index (κ2) is 4.99. The number of thiophene rings is 1. The first kappa shape index (κ1) is 10.2. The van der Waals surface area contributed by atoms with E-state index in [0.29, 0.717) is 6.54 Å². The van der Waals surface area contributed by atoms with Gasteiger partial charge in [0.15, 0.2) is 0 Å². The SMILES string of the molecule is CN(C)CCNC(=O)c1ccsc1. The van der Waals surface area contributed by atoms with E-state index in [9.17, 15) is 4.79 Å². The maximum atomic E-state index is 11.4. The summed E-state index contributed by atoms with van der Waals surface area (Å²) < 4.78 is 0. The number of nitrogens with zero attached hydrogens (tertiary/aromatic N) is 1. The summed E-state index contributed by atoms with van der Waals surface area (Å²) in [5, 5.41) is 6.60. The smallest absolute Gasteiger partial charge is 0.252 e. The minimum atomic E-state index is 0.0168. The Labute approximate surface area is 82.4 Å². The number of carbonyl (C=O) groups is 1. The van der Waals surface area contributed by atoms with E-state index in [2.05, 4.69) is 5.32 Å². The topological polar surface area (TPSA) is 32.3 Å². The van der Waals surface area contributed by atoms with E-state index in [0.717, 1.165) is 12.1 Å². The molecule has 0 bridgehead atoms. The Kier molecular flexibility index (Phi) is 3.92. The first-order valence-corrected chi connectivity index (χ1v) is 5.09. The fourth-order valence-corrected chi connectivity index (χ4v) is 1.52. The first-order valence-electron chi connectivity index (χ1n) is 4.15. The zero-order chi connectivity index (χ0) is 9.68. The predicted molar refractivity (Wildman–Crippen MR) is 55.2 cm³/mol. The van der Waals surface area contributed by atoms with Crippen molar-refractivity contribution in [2.75, 3.05) is 27.2 Å². The van der Waals surface area contributed by atoms with Crippen molar-refractivity contribution in [2.24, 2.45) is 0 Å². The van der Waals surface area contributed by atoms with Gasteiger partial charge in [0.05, 0.1) is 0 Å². The molecular formula is C9H14N2OS. The van der Waals surface area contributed by atoms with Gasteiger partial charge in [0.1, 0.15) is 0 Å². The highest BCUT2D eigenvalue weighted by Gasteiger charge is 2.03. The maximum Gasteiger partial charge on any atom is 0.252 e. The predicted octanol–water partition coefficient (Wildman–Crippen LogP) is 1.04. The van der Waals surface area contributed by atoms with Gasteiger partial charge >= 0.3 is 0 Å². The number of hydrogen-bond acceptors (Lipinski definition) is 3. The van der Waals surface area contributed by atoms with E-state index >= 15 is 0 Å². The van der Waals surface area contributed by atoms with E-state index in [4.69, 9.17) is 0 Å². The number of nitrogens with one attached hydrogen (secondary N) is 1. The Bertz CT molecular complexity index is 257. The highest BCUT2D eigenvalue weighted by Crippen LogP contribution is 2.04. The standard InChI is InChI=1S/C9H14N2OS/c1-11(2)5-4-10-9(12)8-3-6-13-7-8/h3,6-7H,4-5H2,1-2H3,(H,10,12). The van der Waals surface area contributed by atoms with E-state index < -0.39 is 0 Å². The third-order valence-corrected chi connectivity index (χ3v) is 2.31. The van der Waals surface area contributed by atoms with Crippen molar-refractivity contribution < 1.29 is 4.79 Å². The molecule has 0 saturated heterocycles. The van der Waals surface area contributed by atoms with Gasteiger partial charge in [-0.05, 0) is 25.5 Å². The molecule has 0 aromatic carbocycles. The van der Waals surface area contributed by atoms with Crippen LogP contribution in [-0.4, -0.2) is 38.0 Å². The van der Waals surface area contributed by atoms with Gasteiger partial charge in [0, 0.05) is 24.0 Å². The van der Waals surface area contributed by atoms with Gasteiger partial charge in [-0.15, -0.1) is 0 Å². The molecule has 13 heavy (non-hydrogen) atoms. The van der Waals surface area contributed by atoms with Crippen molar-refractivity contribution in [1.29, 1.82) is 0 Å². The Balaban J connectivity index is 2.27. The summed E-state index contributed by atoms with van der Waals surface area (Å²) in [5.74, 6) is 0.0168. The van der Waals surface area contributed by atoms with E-state index in [1.165, 1.54) is 11.3 Å². The van der Waals surface area contributed by atoms with Gasteiger partial charge in [-0.3, -0.25) is 4.79 Å². The van der Waals surface area contributed by atoms with Crippen molar-refractivity contribution in [3.8, 4) is 0 Å². The Morgan fingerprint density at radius 1 is 1.62 bits per heavy atom. The Morgan fingerprint density at radius 3 is 2.92 bits per heavy atom. The molecule has 0 radical (unpaired) electrons. The van der Waals surface area contributed by atoms with Crippen LogP contribution in [0, 0.1) is 0 Å². The molecule has 1 heterocycles. The molecular weight excluding hydrogens is 184 g/mol. The monoisotopic (exact) mass is 198 g/mol. The molecule has 0 aliphatic rings. The second-order valence-electron chi connectivity index (χ2n) is 3.07. The van der Waals surface area contributed by atoms with Crippen molar-refractivity contribution >= 4 is 17.2 Å². The van der Waals surface area contributed by atoms with Gasteiger partial charge < -0.3 is 10.2 Å². The van der Waals surface area contributed by atoms with Crippen molar-refractivity contribution in [3.05, 3.63) is 22.4 Å². The van der Waals surface area contributed by atoms with Crippen LogP contribution in [0.2, 0.25) is 0 Å². The van der Waals surface area contributed by atoms with Crippen LogP contribution < -0.4 is 5.32 Å². The van der Waals surface area contributed by atoms with Crippen LogP contribution in [0.25, 0.3) is 0 Å². The van der Waals surface area contributed by atoms with Crippen LogP contribution in [0.3, 0.4) is 0 Å². The average Bonchev–Trinajstić information content (AvgIpc) is 2.55. The summed E-state index contributed by atoms with van der Waals surface area (Å²) >= 11 is 1.54. The van der Waals surface area contributed by atoms with Crippen LogP contribution in [0.1, 0.15) is 10.4 Å². The van der Waals surface area contributed by atoms with Gasteiger partial charge in [0.2, 0.25) is 0 Å². The summed E-state index contributed by atoms with van der Waals surface area (Å²) in [6.45, 7) is 1.57. The molecule has 72 valence electrons. The first-order chi connectivity index (χ1) is 6.20. The molecule has 1 rings (SSSR count). The fraction of sp³-hybridized carbons (Fsp3) is 0.444. The lowest BCUT2D eigenvalue weighted by Crippen LogP contribution is -2.31. The minimum absolute atomic E-state index is 0.0168. The highest BCUT2D eigenvalue weighted by atomic mass is 32.1. The van der Waals surface area contributed by atoms with Crippen molar-refractivity contribution in [1.82, 2.24) is 10.2 Å². The van der Waals surface area contributed by atoms with E-state index in [-0.39, 0.29) is 5.91 Å². The minimum Gasteiger partial charge on any atom is -0.351 e. The molecule has 3 nitrogen and oxygen atoms in total. The lowest BCUT2D eigenvalue weighted by atomic mass is 10.3. The second-order valence-corrected chi connectivity index (χ2v) is 3.85. The van der Waals surface area contributed by atoms with Gasteiger partial charge in [-0.1, -0.05) is 0 Å². The molecule has 1 aromatic rings. The average molecular weight is 198 g/mol. The number of carbonyl (C=O) groups excluding carboxylic acids is 1. The molecule has 1 aromatic heterocycles. The number of amides is 1. The zero-order valence-electron chi connectivity index (χ0n) is 7.91. The highest BCUT2D eigenvalue weighted by molar-refractivity contribution is 7.08. The maximum absolute atomic E-state index is 11.4. The number of likely N-dealkylation sites (N-methyl/N-ethyl adjacent to an activating group) is 1. The summed E-state index contributed by atoms with van der Waals surface area (Å²) in [5.41, 5.74) is 0.753. The Morgan fingerprint density at radius 2 is 2.38 bits per heavy atom. The third-order valence-electron chi connectivity index (χ3n) is 1.63. The normalized spacial score (nSPS) is 10.4. The zero-order valence-corrected chi connectivity index (χ0v) is 8.73. The number of rotatable bonds is 4. The summed E-state index contributed by atoms with van der Waals surface area (Å²) in [4.78, 5) is 13.4. The van der Waals surface area contributed by atoms with Gasteiger partial charge in [0.25, 0.3) is 5.91 Å². The van der Waals surface area contributed by atoms with E-state index in [1.54, 1.807) is 0 Å². The fourth-order valence-electron chi connectivity index (χ4n) is 0.889. The number of hydrogen-bond donors (Lipinski definition) is 1. The lowest BCUT2D eigenvalue weighted by molar-refractivity contribution is 0.0951. The summed E-state index contributed by atoms with van der Waals surface area (Å²) in [6, 6.07) is 1.83. The molecule has 0 atom stereocenters. The van der Waals surface area contributed by atoms with Crippen LogP contribution in [-0.2, 0) is 0 Å². The van der Waals surface area contributed by atoms with Crippen LogP contribution in [0.5, 0.6) is 0 Å². The molecule has 0 aliphatic heterocycles. The summed E-state index contributed by atoms with van der Waals surface area (Å²) in [7, 11) is 3.97. The molecule has 0 saturated carbocycles. The van der Waals surface area contributed by atoms with Gasteiger partial charge in [-0.25, -0.2) is 0 Å². The van der Waals surface area contributed by atoms with Crippen molar-refractivity contribution in [3.63, 3.8) is 0 Å². The molecule has 0 aliphatic carbocycles. The lowest BCUT2D eigenvalue weighted by Gasteiger charge is -2.09. The van der Waals surface area contributed by atoms with Crippen molar-refractivity contribution in [2.45, 2.75) is 0 Å². The molecule has 4 heteroatoms. The van der Waals surface area contributed by atoms with Gasteiger partial charge in [-0.2, -0.15) is 11.3 Å². The summed E-state index contributed by atoms with van der Waals surface area (Å²) in [6.07, 6.45) is 0.